The van der Waals surface area contributed by atoms with Crippen molar-refractivity contribution in [3.8, 4) is 11.5 Å². The molecule has 0 unspecified atom stereocenters. The predicted octanol–water partition coefficient (Wildman–Crippen LogP) is 2.73. The molecule has 1 N–H and O–H groups in total. The van der Waals surface area contributed by atoms with Gasteiger partial charge >= 0.3 is 0 Å². The van der Waals surface area contributed by atoms with Gasteiger partial charge in [-0.05, 0) is 48.7 Å². The highest BCUT2D eigenvalue weighted by Crippen LogP contribution is 2.23. The number of piperidine rings is 1. The molecule has 1 aromatic carbocycles. The summed E-state index contributed by atoms with van der Waals surface area (Å²) < 4.78 is 15.6. The van der Waals surface area contributed by atoms with Gasteiger partial charge in [-0.3, -0.25) is 9.59 Å². The Kier molecular flexibility index (Phi) is 6.37. The third-order valence-electron chi connectivity index (χ3n) is 4.66. The van der Waals surface area contributed by atoms with Crippen LogP contribution in [0.1, 0.15) is 29.0 Å². The number of benzene rings is 1. The Bertz CT molecular complexity index is 814. The lowest BCUT2D eigenvalue weighted by atomic mass is 10.0. The van der Waals surface area contributed by atoms with Gasteiger partial charge in [0.15, 0.2) is 5.76 Å². The first-order chi connectivity index (χ1) is 13.6. The highest BCUT2D eigenvalue weighted by atomic mass is 16.5. The van der Waals surface area contributed by atoms with Crippen LogP contribution in [0.15, 0.2) is 47.1 Å². The molecule has 1 saturated heterocycles. The van der Waals surface area contributed by atoms with Crippen molar-refractivity contribution in [2.24, 2.45) is 0 Å². The second kappa shape index (κ2) is 9.12. The molecule has 0 spiro atoms. The van der Waals surface area contributed by atoms with Gasteiger partial charge in [-0.15, -0.1) is 0 Å². The van der Waals surface area contributed by atoms with Crippen LogP contribution in [0.2, 0.25) is 0 Å². The lowest BCUT2D eigenvalue weighted by Gasteiger charge is -2.31. The zero-order valence-corrected chi connectivity index (χ0v) is 16.0. The zero-order valence-electron chi connectivity index (χ0n) is 16.0. The molecule has 2 amide bonds. The van der Waals surface area contributed by atoms with E-state index in [1.165, 1.54) is 12.3 Å². The number of nitrogens with zero attached hydrogens (tertiary/aromatic N) is 1. The number of carbonyl (C=O) groups is 2. The van der Waals surface area contributed by atoms with Gasteiger partial charge in [-0.25, -0.2) is 0 Å². The summed E-state index contributed by atoms with van der Waals surface area (Å²) in [6, 6.07) is 8.82. The molecule has 1 aliphatic rings. The van der Waals surface area contributed by atoms with Gasteiger partial charge in [0, 0.05) is 31.3 Å². The van der Waals surface area contributed by atoms with Gasteiger partial charge in [0.05, 0.1) is 20.5 Å². The molecule has 0 atom stereocenters. The van der Waals surface area contributed by atoms with Gasteiger partial charge in [-0.2, -0.15) is 0 Å². The van der Waals surface area contributed by atoms with E-state index in [-0.39, 0.29) is 17.9 Å². The maximum absolute atomic E-state index is 12.3. The van der Waals surface area contributed by atoms with Crippen molar-refractivity contribution >= 4 is 17.9 Å². The zero-order chi connectivity index (χ0) is 19.9. The Morgan fingerprint density at radius 1 is 1.14 bits per heavy atom. The largest absolute Gasteiger partial charge is 0.497 e. The minimum atomic E-state index is -0.169. The molecular weight excluding hydrogens is 360 g/mol. The van der Waals surface area contributed by atoms with E-state index < -0.39 is 0 Å². The standard InChI is InChI=1S/C21H24N2O5/c1-26-17-12-15(13-18(14-17)27-2)5-6-20(24)22-16-7-9-23(10-8-16)21(25)19-4-3-11-28-19/h3-6,11-14,16H,7-10H2,1-2H3,(H,22,24)/b6-5+. The first-order valence-corrected chi connectivity index (χ1v) is 9.13. The maximum atomic E-state index is 12.3. The minimum absolute atomic E-state index is 0.0395. The van der Waals surface area contributed by atoms with Crippen LogP contribution in [0.3, 0.4) is 0 Å². The number of rotatable bonds is 6. The molecule has 1 aliphatic heterocycles. The monoisotopic (exact) mass is 384 g/mol. The van der Waals surface area contributed by atoms with E-state index in [4.69, 9.17) is 13.9 Å². The molecule has 0 bridgehead atoms. The van der Waals surface area contributed by atoms with E-state index in [0.717, 1.165) is 5.56 Å². The summed E-state index contributed by atoms with van der Waals surface area (Å²) in [5, 5.41) is 2.99. The van der Waals surface area contributed by atoms with Crippen molar-refractivity contribution in [1.29, 1.82) is 0 Å². The second-order valence-electron chi connectivity index (χ2n) is 6.53. The molecule has 148 valence electrons. The van der Waals surface area contributed by atoms with E-state index in [1.54, 1.807) is 43.4 Å². The Balaban J connectivity index is 1.51. The lowest BCUT2D eigenvalue weighted by Crippen LogP contribution is -2.46. The first-order valence-electron chi connectivity index (χ1n) is 9.13. The Morgan fingerprint density at radius 3 is 2.39 bits per heavy atom. The molecule has 7 heteroatoms. The van der Waals surface area contributed by atoms with E-state index in [9.17, 15) is 9.59 Å². The molecule has 1 aromatic heterocycles. The molecule has 0 radical (unpaired) electrons. The average Bonchev–Trinajstić information content (AvgIpc) is 3.27. The minimum Gasteiger partial charge on any atom is -0.497 e. The smallest absolute Gasteiger partial charge is 0.289 e. The van der Waals surface area contributed by atoms with Crippen molar-refractivity contribution in [3.63, 3.8) is 0 Å². The van der Waals surface area contributed by atoms with Gasteiger partial charge in [0.1, 0.15) is 11.5 Å². The highest BCUT2D eigenvalue weighted by Gasteiger charge is 2.25. The van der Waals surface area contributed by atoms with E-state index in [2.05, 4.69) is 5.32 Å². The van der Waals surface area contributed by atoms with Crippen molar-refractivity contribution in [2.45, 2.75) is 18.9 Å². The highest BCUT2D eigenvalue weighted by molar-refractivity contribution is 5.92. The fraction of sp³-hybridized carbons (Fsp3) is 0.333. The Hall–Kier alpha value is -3.22. The topological polar surface area (TPSA) is 81.0 Å². The van der Waals surface area contributed by atoms with Crippen LogP contribution in [-0.4, -0.2) is 50.1 Å². The van der Waals surface area contributed by atoms with Crippen LogP contribution in [-0.2, 0) is 4.79 Å². The first kappa shape index (κ1) is 19.5. The number of hydrogen-bond acceptors (Lipinski definition) is 5. The van der Waals surface area contributed by atoms with E-state index in [0.29, 0.717) is 43.2 Å². The summed E-state index contributed by atoms with van der Waals surface area (Å²) in [7, 11) is 3.16. The number of ether oxygens (including phenoxy) is 2. The summed E-state index contributed by atoms with van der Waals surface area (Å²) in [4.78, 5) is 26.3. The number of carbonyl (C=O) groups excluding carboxylic acids is 2. The van der Waals surface area contributed by atoms with E-state index in [1.807, 2.05) is 12.1 Å². The number of hydrogen-bond donors (Lipinski definition) is 1. The van der Waals surface area contributed by atoms with Crippen LogP contribution < -0.4 is 14.8 Å². The molecule has 1 fully saturated rings. The molecule has 2 aromatic rings. The van der Waals surface area contributed by atoms with E-state index >= 15 is 0 Å². The number of likely N-dealkylation sites (tertiary alicyclic amines) is 1. The SMILES string of the molecule is COc1cc(/C=C/C(=O)NC2CCN(C(=O)c3ccco3)CC2)cc(OC)c1. The fourth-order valence-corrected chi connectivity index (χ4v) is 3.13. The van der Waals surface area contributed by atoms with Crippen LogP contribution in [0, 0.1) is 0 Å². The number of methoxy groups -OCH3 is 2. The molecule has 3 rings (SSSR count). The van der Waals surface area contributed by atoms with Crippen LogP contribution in [0.25, 0.3) is 6.08 Å². The lowest BCUT2D eigenvalue weighted by molar-refractivity contribution is -0.117. The van der Waals surface area contributed by atoms with Crippen molar-refractivity contribution in [1.82, 2.24) is 10.2 Å². The molecule has 0 aliphatic carbocycles. The van der Waals surface area contributed by atoms with Gasteiger partial charge in [-0.1, -0.05) is 0 Å². The van der Waals surface area contributed by atoms with Gasteiger partial charge in [0.25, 0.3) is 5.91 Å². The van der Waals surface area contributed by atoms with Crippen molar-refractivity contribution < 1.29 is 23.5 Å². The number of nitrogens with one attached hydrogen (secondary N) is 1. The molecule has 7 nitrogen and oxygen atoms in total. The third-order valence-corrected chi connectivity index (χ3v) is 4.66. The van der Waals surface area contributed by atoms with Crippen LogP contribution >= 0.6 is 0 Å². The fourth-order valence-electron chi connectivity index (χ4n) is 3.13. The molecular formula is C21H24N2O5. The summed E-state index contributed by atoms with van der Waals surface area (Å²) in [6.07, 6.45) is 6.12. The normalized spacial score (nSPS) is 14.9. The molecule has 28 heavy (non-hydrogen) atoms. The Morgan fingerprint density at radius 2 is 1.82 bits per heavy atom. The Labute approximate surface area is 163 Å². The predicted molar refractivity (Wildman–Crippen MR) is 104 cm³/mol. The number of furan rings is 1. The number of amides is 2. The van der Waals surface area contributed by atoms with Crippen LogP contribution in [0.5, 0.6) is 11.5 Å². The second-order valence-corrected chi connectivity index (χ2v) is 6.53. The average molecular weight is 384 g/mol. The molecule has 0 saturated carbocycles. The third kappa shape index (κ3) is 4.94. The van der Waals surface area contributed by atoms with Crippen molar-refractivity contribution in [3.05, 3.63) is 54.0 Å². The summed E-state index contributed by atoms with van der Waals surface area (Å²) >= 11 is 0. The summed E-state index contributed by atoms with van der Waals surface area (Å²) in [5.41, 5.74) is 0.810. The van der Waals surface area contributed by atoms with Gasteiger partial charge in [0.2, 0.25) is 5.91 Å². The van der Waals surface area contributed by atoms with Crippen molar-refractivity contribution in [2.75, 3.05) is 27.3 Å². The quantitative estimate of drug-likeness (QED) is 0.775. The van der Waals surface area contributed by atoms with Gasteiger partial charge < -0.3 is 24.1 Å². The summed E-state index contributed by atoms with van der Waals surface area (Å²) in [6.45, 7) is 1.17. The van der Waals surface area contributed by atoms with Crippen LogP contribution in [0.4, 0.5) is 0 Å². The maximum Gasteiger partial charge on any atom is 0.289 e. The molecule has 2 heterocycles. The summed E-state index contributed by atoms with van der Waals surface area (Å²) in [5.74, 6) is 1.39.